The molecule has 0 unspecified atom stereocenters. The number of ether oxygens (including phenoxy) is 6. The Hall–Kier alpha value is -4.73. The third-order valence-electron chi connectivity index (χ3n) is 5.18. The van der Waals surface area contributed by atoms with Crippen LogP contribution in [0.4, 0.5) is 0 Å². The first-order valence-electron chi connectivity index (χ1n) is 11.1. The lowest BCUT2D eigenvalue weighted by atomic mass is 10.1. The average Bonchev–Trinajstić information content (AvgIpc) is 2.92. The van der Waals surface area contributed by atoms with Crippen LogP contribution in [0.5, 0.6) is 34.5 Å². The van der Waals surface area contributed by atoms with Gasteiger partial charge in [0.1, 0.15) is 5.75 Å². The lowest BCUT2D eigenvalue weighted by Gasteiger charge is -2.13. The van der Waals surface area contributed by atoms with Gasteiger partial charge in [-0.15, -0.1) is 0 Å². The summed E-state index contributed by atoms with van der Waals surface area (Å²) in [4.78, 5) is 25.0. The Balaban J connectivity index is 1.64. The molecule has 0 atom stereocenters. The summed E-state index contributed by atoms with van der Waals surface area (Å²) in [5.41, 5.74) is 4.05. The van der Waals surface area contributed by atoms with Crippen LogP contribution in [-0.2, 0) is 11.2 Å². The van der Waals surface area contributed by atoms with E-state index in [4.69, 9.17) is 28.4 Å². The second kappa shape index (κ2) is 12.8. The number of amides is 1. The number of hydrogen-bond donors (Lipinski definition) is 1. The SMILES string of the molecule is COc1ccc(CC(=O)N/N=C\c2cccc(OC(=O)c3cc(OC)c(OC)c(OC)c3)c2)cc1OC. The van der Waals surface area contributed by atoms with Crippen molar-refractivity contribution >= 4 is 18.1 Å². The van der Waals surface area contributed by atoms with E-state index >= 15 is 0 Å². The smallest absolute Gasteiger partial charge is 0.343 e. The van der Waals surface area contributed by atoms with Gasteiger partial charge >= 0.3 is 5.97 Å². The molecular weight excluding hydrogens is 480 g/mol. The molecule has 0 bridgehead atoms. The van der Waals surface area contributed by atoms with Gasteiger partial charge in [-0.2, -0.15) is 5.10 Å². The molecule has 194 valence electrons. The van der Waals surface area contributed by atoms with Gasteiger partial charge in [0.05, 0.1) is 53.7 Å². The molecule has 0 aromatic heterocycles. The van der Waals surface area contributed by atoms with Crippen LogP contribution in [0.25, 0.3) is 0 Å². The zero-order valence-corrected chi connectivity index (χ0v) is 21.2. The van der Waals surface area contributed by atoms with E-state index < -0.39 is 5.97 Å². The number of benzene rings is 3. The standard InChI is InChI=1S/C27H28N2O8/c1-32-21-10-9-17(12-22(21)33-2)13-25(30)29-28-16-18-7-6-8-20(11-18)37-27(31)19-14-23(34-3)26(36-5)24(15-19)35-4/h6-12,14-16H,13H2,1-5H3,(H,29,30)/b28-16-. The summed E-state index contributed by atoms with van der Waals surface area (Å²) in [5.74, 6) is 1.51. The molecule has 3 aromatic rings. The van der Waals surface area contributed by atoms with E-state index in [1.54, 1.807) is 49.6 Å². The van der Waals surface area contributed by atoms with Crippen molar-refractivity contribution in [3.8, 4) is 34.5 Å². The second-order valence-corrected chi connectivity index (χ2v) is 7.54. The largest absolute Gasteiger partial charge is 0.493 e. The number of rotatable bonds is 11. The van der Waals surface area contributed by atoms with Gasteiger partial charge in [0.25, 0.3) is 0 Å². The summed E-state index contributed by atoms with van der Waals surface area (Å²) in [7, 11) is 7.47. The highest BCUT2D eigenvalue weighted by atomic mass is 16.5. The number of esters is 1. The summed E-state index contributed by atoms with van der Waals surface area (Å²) in [6.07, 6.45) is 1.55. The fraction of sp³-hybridized carbons (Fsp3) is 0.222. The molecule has 0 aliphatic carbocycles. The Kier molecular flexibility index (Phi) is 9.31. The predicted octanol–water partition coefficient (Wildman–Crippen LogP) is 3.64. The molecule has 0 spiro atoms. The summed E-state index contributed by atoms with van der Waals surface area (Å²) in [6.45, 7) is 0. The van der Waals surface area contributed by atoms with E-state index in [2.05, 4.69) is 10.5 Å². The fourth-order valence-corrected chi connectivity index (χ4v) is 3.42. The molecule has 0 heterocycles. The highest BCUT2D eigenvalue weighted by molar-refractivity contribution is 5.93. The molecular formula is C27H28N2O8. The molecule has 0 radical (unpaired) electrons. The minimum Gasteiger partial charge on any atom is -0.493 e. The summed E-state index contributed by atoms with van der Waals surface area (Å²) < 4.78 is 31.8. The van der Waals surface area contributed by atoms with Crippen LogP contribution >= 0.6 is 0 Å². The zero-order chi connectivity index (χ0) is 26.8. The number of nitrogens with one attached hydrogen (secondary N) is 1. The van der Waals surface area contributed by atoms with Crippen LogP contribution in [0.2, 0.25) is 0 Å². The molecule has 10 nitrogen and oxygen atoms in total. The van der Waals surface area contributed by atoms with E-state index in [0.29, 0.717) is 40.1 Å². The lowest BCUT2D eigenvalue weighted by molar-refractivity contribution is -0.120. The van der Waals surface area contributed by atoms with Gasteiger partial charge in [-0.25, -0.2) is 10.2 Å². The van der Waals surface area contributed by atoms with E-state index in [9.17, 15) is 9.59 Å². The van der Waals surface area contributed by atoms with E-state index in [1.165, 1.54) is 46.8 Å². The zero-order valence-electron chi connectivity index (χ0n) is 21.2. The molecule has 1 N–H and O–H groups in total. The Morgan fingerprint density at radius 2 is 1.46 bits per heavy atom. The number of hydrogen-bond acceptors (Lipinski definition) is 9. The number of hydrazone groups is 1. The van der Waals surface area contributed by atoms with Crippen molar-refractivity contribution in [3.05, 3.63) is 71.3 Å². The van der Waals surface area contributed by atoms with E-state index in [-0.39, 0.29) is 17.9 Å². The van der Waals surface area contributed by atoms with Crippen LogP contribution in [0.15, 0.2) is 59.7 Å². The van der Waals surface area contributed by atoms with Crippen molar-refractivity contribution in [1.29, 1.82) is 0 Å². The van der Waals surface area contributed by atoms with Gasteiger partial charge in [-0.1, -0.05) is 18.2 Å². The van der Waals surface area contributed by atoms with E-state index in [1.807, 2.05) is 0 Å². The first-order valence-corrected chi connectivity index (χ1v) is 11.1. The predicted molar refractivity (Wildman–Crippen MR) is 136 cm³/mol. The Labute approximate surface area is 214 Å². The van der Waals surface area contributed by atoms with Crippen molar-refractivity contribution in [2.45, 2.75) is 6.42 Å². The summed E-state index contributed by atoms with van der Waals surface area (Å²) >= 11 is 0. The van der Waals surface area contributed by atoms with Crippen LogP contribution < -0.4 is 33.8 Å². The van der Waals surface area contributed by atoms with Crippen molar-refractivity contribution < 1.29 is 38.0 Å². The quantitative estimate of drug-likeness (QED) is 0.181. The van der Waals surface area contributed by atoms with Crippen molar-refractivity contribution in [3.63, 3.8) is 0 Å². The van der Waals surface area contributed by atoms with Crippen molar-refractivity contribution in [2.75, 3.05) is 35.5 Å². The number of carbonyl (C=O) groups excluding carboxylic acids is 2. The monoisotopic (exact) mass is 508 g/mol. The molecule has 0 fully saturated rings. The van der Waals surface area contributed by atoms with Crippen molar-refractivity contribution in [1.82, 2.24) is 5.43 Å². The maximum atomic E-state index is 12.7. The average molecular weight is 509 g/mol. The van der Waals surface area contributed by atoms with Gasteiger partial charge in [0.15, 0.2) is 23.0 Å². The Morgan fingerprint density at radius 3 is 2.08 bits per heavy atom. The first-order chi connectivity index (χ1) is 17.9. The van der Waals surface area contributed by atoms with Gasteiger partial charge in [-0.05, 0) is 47.5 Å². The fourth-order valence-electron chi connectivity index (χ4n) is 3.42. The van der Waals surface area contributed by atoms with Crippen LogP contribution in [0.1, 0.15) is 21.5 Å². The third-order valence-corrected chi connectivity index (χ3v) is 5.18. The molecule has 0 aliphatic rings. The summed E-state index contributed by atoms with van der Waals surface area (Å²) in [6, 6.07) is 14.9. The van der Waals surface area contributed by atoms with Gasteiger partial charge < -0.3 is 28.4 Å². The number of methoxy groups -OCH3 is 5. The second-order valence-electron chi connectivity index (χ2n) is 7.54. The minimum atomic E-state index is -0.614. The molecule has 3 rings (SSSR count). The molecule has 0 aliphatic heterocycles. The van der Waals surface area contributed by atoms with Crippen molar-refractivity contribution in [2.24, 2.45) is 5.10 Å². The molecule has 1 amide bonds. The summed E-state index contributed by atoms with van der Waals surface area (Å²) in [5, 5.41) is 3.99. The third kappa shape index (κ3) is 6.91. The van der Waals surface area contributed by atoms with E-state index in [0.717, 1.165) is 5.56 Å². The number of nitrogens with zero attached hydrogens (tertiary/aromatic N) is 1. The van der Waals surface area contributed by atoms with Gasteiger partial charge in [0, 0.05) is 0 Å². The van der Waals surface area contributed by atoms with Crippen LogP contribution in [0, 0.1) is 0 Å². The highest BCUT2D eigenvalue weighted by Gasteiger charge is 2.18. The van der Waals surface area contributed by atoms with Crippen LogP contribution in [0.3, 0.4) is 0 Å². The molecule has 0 saturated carbocycles. The maximum Gasteiger partial charge on any atom is 0.343 e. The number of carbonyl (C=O) groups is 2. The normalized spacial score (nSPS) is 10.5. The van der Waals surface area contributed by atoms with Crippen LogP contribution in [-0.4, -0.2) is 53.6 Å². The minimum absolute atomic E-state index is 0.101. The molecule has 37 heavy (non-hydrogen) atoms. The Morgan fingerprint density at radius 1 is 0.784 bits per heavy atom. The Bertz CT molecular complexity index is 1260. The topological polar surface area (TPSA) is 114 Å². The van der Waals surface area contributed by atoms with Gasteiger partial charge in [0.2, 0.25) is 11.7 Å². The lowest BCUT2D eigenvalue weighted by Crippen LogP contribution is -2.19. The van der Waals surface area contributed by atoms with Gasteiger partial charge in [-0.3, -0.25) is 4.79 Å². The molecule has 10 heteroatoms. The molecule has 3 aromatic carbocycles. The molecule has 0 saturated heterocycles. The maximum absolute atomic E-state index is 12.7. The highest BCUT2D eigenvalue weighted by Crippen LogP contribution is 2.38. The first kappa shape index (κ1) is 26.9.